The van der Waals surface area contributed by atoms with E-state index < -0.39 is 0 Å². The SMILES string of the molecule is CCCCCCCCCCOc1c(C)cc(NC(=O)CCc2cc(C(C)(C)C)c(C)c(C(C)(C)C)c2)cc1C. The molecule has 39 heavy (non-hydrogen) atoms. The van der Waals surface area contributed by atoms with E-state index in [2.05, 4.69) is 86.7 Å². The first kappa shape index (κ1) is 32.9. The second-order valence-corrected chi connectivity index (χ2v) is 13.6. The molecule has 1 N–H and O–H groups in total. The van der Waals surface area contributed by atoms with Crippen molar-refractivity contribution >= 4 is 11.6 Å². The maximum absolute atomic E-state index is 12.9. The average molecular weight is 536 g/mol. The van der Waals surface area contributed by atoms with Gasteiger partial charge in [0.25, 0.3) is 0 Å². The number of carbonyl (C=O) groups excluding carboxylic acids is 1. The van der Waals surface area contributed by atoms with Gasteiger partial charge in [-0.3, -0.25) is 4.79 Å². The molecule has 0 radical (unpaired) electrons. The predicted octanol–water partition coefficient (Wildman–Crippen LogP) is 10.3. The molecular formula is C36H57NO2. The van der Waals surface area contributed by atoms with E-state index in [9.17, 15) is 4.79 Å². The molecule has 0 saturated heterocycles. The molecule has 0 atom stereocenters. The molecule has 0 aliphatic heterocycles. The van der Waals surface area contributed by atoms with Crippen molar-refractivity contribution in [3.63, 3.8) is 0 Å². The van der Waals surface area contributed by atoms with Crippen LogP contribution >= 0.6 is 0 Å². The number of benzene rings is 2. The molecule has 3 heteroatoms. The molecule has 0 aromatic heterocycles. The molecule has 0 fully saturated rings. The second-order valence-electron chi connectivity index (χ2n) is 13.6. The number of aryl methyl sites for hydroxylation is 3. The summed E-state index contributed by atoms with van der Waals surface area (Å²) in [6.07, 6.45) is 11.6. The summed E-state index contributed by atoms with van der Waals surface area (Å²) in [6.45, 7) is 23.0. The van der Waals surface area contributed by atoms with Crippen LogP contribution in [0.5, 0.6) is 5.75 Å². The third-order valence-corrected chi connectivity index (χ3v) is 7.71. The van der Waals surface area contributed by atoms with Crippen molar-refractivity contribution in [1.82, 2.24) is 0 Å². The molecule has 0 saturated carbocycles. The Morgan fingerprint density at radius 2 is 1.23 bits per heavy atom. The van der Waals surface area contributed by atoms with E-state index in [1.54, 1.807) is 0 Å². The molecule has 0 spiro atoms. The molecule has 0 aliphatic carbocycles. The van der Waals surface area contributed by atoms with Gasteiger partial charge in [0, 0.05) is 12.1 Å². The van der Waals surface area contributed by atoms with Crippen molar-refractivity contribution in [2.24, 2.45) is 0 Å². The van der Waals surface area contributed by atoms with Crippen LogP contribution in [0, 0.1) is 20.8 Å². The average Bonchev–Trinajstić information content (AvgIpc) is 2.82. The van der Waals surface area contributed by atoms with E-state index in [1.807, 2.05) is 12.1 Å². The van der Waals surface area contributed by atoms with Gasteiger partial charge in [0.05, 0.1) is 6.61 Å². The highest BCUT2D eigenvalue weighted by atomic mass is 16.5. The Hall–Kier alpha value is -2.29. The normalized spacial score (nSPS) is 12.1. The van der Waals surface area contributed by atoms with Gasteiger partial charge in [-0.25, -0.2) is 0 Å². The van der Waals surface area contributed by atoms with Crippen LogP contribution in [0.2, 0.25) is 0 Å². The van der Waals surface area contributed by atoms with Crippen molar-refractivity contribution < 1.29 is 9.53 Å². The van der Waals surface area contributed by atoms with Crippen LogP contribution < -0.4 is 10.1 Å². The lowest BCUT2D eigenvalue weighted by Crippen LogP contribution is -2.20. The smallest absolute Gasteiger partial charge is 0.224 e. The number of nitrogens with one attached hydrogen (secondary N) is 1. The number of amides is 1. The lowest BCUT2D eigenvalue weighted by atomic mass is 9.75. The number of hydrogen-bond acceptors (Lipinski definition) is 2. The van der Waals surface area contributed by atoms with Crippen LogP contribution in [0.3, 0.4) is 0 Å². The Labute approximate surface area is 240 Å². The van der Waals surface area contributed by atoms with Crippen molar-refractivity contribution in [1.29, 1.82) is 0 Å². The summed E-state index contributed by atoms with van der Waals surface area (Å²) in [6, 6.07) is 8.69. The molecule has 3 nitrogen and oxygen atoms in total. The standard InChI is InChI=1S/C36H57NO2/c1-11-12-13-14-15-16-17-18-21-39-34-26(2)22-30(23-27(34)3)37-33(38)20-19-29-24-31(35(5,6)7)28(4)32(25-29)36(8,9)10/h22-25H,11-21H2,1-10H3,(H,37,38). The number of carbonyl (C=O) groups is 1. The first-order valence-electron chi connectivity index (χ1n) is 15.4. The summed E-state index contributed by atoms with van der Waals surface area (Å²) in [4.78, 5) is 12.9. The van der Waals surface area contributed by atoms with E-state index >= 15 is 0 Å². The van der Waals surface area contributed by atoms with Crippen LogP contribution in [0.15, 0.2) is 24.3 Å². The second kappa shape index (κ2) is 14.9. The van der Waals surface area contributed by atoms with Crippen LogP contribution in [0.1, 0.15) is 140 Å². The molecule has 0 heterocycles. The molecule has 0 bridgehead atoms. The molecule has 2 aromatic carbocycles. The first-order valence-corrected chi connectivity index (χ1v) is 15.4. The Balaban J connectivity index is 1.94. The fourth-order valence-electron chi connectivity index (χ4n) is 5.62. The number of rotatable bonds is 14. The van der Waals surface area contributed by atoms with Gasteiger partial charge in [-0.1, -0.05) is 106 Å². The lowest BCUT2D eigenvalue weighted by Gasteiger charge is -2.30. The summed E-state index contributed by atoms with van der Waals surface area (Å²) in [5, 5.41) is 3.13. The van der Waals surface area contributed by atoms with Crippen molar-refractivity contribution in [2.45, 2.75) is 144 Å². The summed E-state index contributed by atoms with van der Waals surface area (Å²) in [5.41, 5.74) is 8.50. The Morgan fingerprint density at radius 3 is 1.72 bits per heavy atom. The van der Waals surface area contributed by atoms with E-state index in [1.165, 1.54) is 67.2 Å². The summed E-state index contributed by atoms with van der Waals surface area (Å²) in [5.74, 6) is 1.01. The third kappa shape index (κ3) is 10.7. The zero-order valence-electron chi connectivity index (χ0n) is 26.9. The number of ether oxygens (including phenoxy) is 1. The number of unbranched alkanes of at least 4 members (excludes halogenated alkanes) is 7. The Kier molecular flexibility index (Phi) is 12.6. The third-order valence-electron chi connectivity index (χ3n) is 7.71. The topological polar surface area (TPSA) is 38.3 Å². The van der Waals surface area contributed by atoms with Gasteiger partial charge in [0.2, 0.25) is 5.91 Å². The predicted molar refractivity (Wildman–Crippen MR) is 170 cm³/mol. The molecule has 0 aliphatic rings. The molecule has 1 amide bonds. The molecule has 2 aromatic rings. The largest absolute Gasteiger partial charge is 0.493 e. The highest BCUT2D eigenvalue weighted by molar-refractivity contribution is 5.91. The van der Waals surface area contributed by atoms with Crippen molar-refractivity contribution in [2.75, 3.05) is 11.9 Å². The minimum absolute atomic E-state index is 0.0524. The fourth-order valence-corrected chi connectivity index (χ4v) is 5.62. The van der Waals surface area contributed by atoms with Crippen LogP contribution in [0.4, 0.5) is 5.69 Å². The zero-order chi connectivity index (χ0) is 29.2. The van der Waals surface area contributed by atoms with Gasteiger partial charge in [-0.2, -0.15) is 0 Å². The van der Waals surface area contributed by atoms with E-state index in [-0.39, 0.29) is 16.7 Å². The maximum atomic E-state index is 12.9. The highest BCUT2D eigenvalue weighted by Gasteiger charge is 2.24. The van der Waals surface area contributed by atoms with Crippen molar-refractivity contribution in [3.8, 4) is 5.75 Å². The Bertz CT molecular complexity index is 1010. The summed E-state index contributed by atoms with van der Waals surface area (Å²) in [7, 11) is 0. The summed E-state index contributed by atoms with van der Waals surface area (Å²) >= 11 is 0. The summed E-state index contributed by atoms with van der Waals surface area (Å²) < 4.78 is 6.15. The Morgan fingerprint density at radius 1 is 0.744 bits per heavy atom. The van der Waals surface area contributed by atoms with Gasteiger partial charge in [-0.15, -0.1) is 0 Å². The minimum atomic E-state index is 0.0524. The van der Waals surface area contributed by atoms with E-state index in [0.717, 1.165) is 42.0 Å². The molecule has 2 rings (SSSR count). The molecular weight excluding hydrogens is 478 g/mol. The quantitative estimate of drug-likeness (QED) is 0.244. The first-order chi connectivity index (χ1) is 18.2. The highest BCUT2D eigenvalue weighted by Crippen LogP contribution is 2.35. The minimum Gasteiger partial charge on any atom is -0.493 e. The van der Waals surface area contributed by atoms with Crippen LogP contribution in [-0.4, -0.2) is 12.5 Å². The zero-order valence-corrected chi connectivity index (χ0v) is 26.9. The molecule has 0 unspecified atom stereocenters. The number of anilines is 1. The monoisotopic (exact) mass is 535 g/mol. The van der Waals surface area contributed by atoms with Gasteiger partial charge in [0.15, 0.2) is 0 Å². The van der Waals surface area contributed by atoms with Crippen LogP contribution in [0.25, 0.3) is 0 Å². The fraction of sp³-hybridized carbons (Fsp3) is 0.639. The maximum Gasteiger partial charge on any atom is 0.224 e. The van der Waals surface area contributed by atoms with Gasteiger partial charge >= 0.3 is 0 Å². The lowest BCUT2D eigenvalue weighted by molar-refractivity contribution is -0.116. The van der Waals surface area contributed by atoms with Gasteiger partial charge in [-0.05, 0) is 90.0 Å². The van der Waals surface area contributed by atoms with E-state index in [0.29, 0.717) is 6.42 Å². The van der Waals surface area contributed by atoms with Crippen molar-refractivity contribution in [3.05, 3.63) is 57.6 Å². The van der Waals surface area contributed by atoms with Crippen LogP contribution in [-0.2, 0) is 22.0 Å². The molecule has 218 valence electrons. The van der Waals surface area contributed by atoms with Gasteiger partial charge < -0.3 is 10.1 Å². The number of hydrogen-bond donors (Lipinski definition) is 1. The van der Waals surface area contributed by atoms with Gasteiger partial charge in [0.1, 0.15) is 5.75 Å². The van der Waals surface area contributed by atoms with E-state index in [4.69, 9.17) is 4.74 Å².